The number of nitrogens with zero attached hydrogens (tertiary/aromatic N) is 1. The SMILES string of the molecule is C#CCN1CCC(C(=O)NC(C)c2ccccc2NS(C)(=O)=O)CC1. The topological polar surface area (TPSA) is 78.5 Å². The third kappa shape index (κ3) is 5.76. The van der Waals surface area contributed by atoms with Gasteiger partial charge in [0.25, 0.3) is 0 Å². The van der Waals surface area contributed by atoms with E-state index in [1.807, 2.05) is 19.1 Å². The Morgan fingerprint density at radius 1 is 1.36 bits per heavy atom. The molecule has 1 aliphatic rings. The van der Waals surface area contributed by atoms with Crippen LogP contribution < -0.4 is 10.0 Å². The van der Waals surface area contributed by atoms with Crippen LogP contribution >= 0.6 is 0 Å². The summed E-state index contributed by atoms with van der Waals surface area (Å²) < 4.78 is 25.5. The van der Waals surface area contributed by atoms with Gasteiger partial charge < -0.3 is 5.32 Å². The van der Waals surface area contributed by atoms with Gasteiger partial charge in [-0.15, -0.1) is 6.42 Å². The third-order valence-electron chi connectivity index (χ3n) is 4.35. The summed E-state index contributed by atoms with van der Waals surface area (Å²) in [6, 6.07) is 6.80. The number of piperidine rings is 1. The monoisotopic (exact) mass is 363 g/mol. The van der Waals surface area contributed by atoms with Gasteiger partial charge in [0, 0.05) is 5.92 Å². The molecule has 2 N–H and O–H groups in total. The first-order chi connectivity index (χ1) is 11.8. The van der Waals surface area contributed by atoms with Crippen LogP contribution in [0.4, 0.5) is 5.69 Å². The maximum atomic E-state index is 12.5. The summed E-state index contributed by atoms with van der Waals surface area (Å²) in [4.78, 5) is 14.7. The average molecular weight is 363 g/mol. The summed E-state index contributed by atoms with van der Waals surface area (Å²) in [6.07, 6.45) is 7.99. The molecule has 1 fully saturated rings. The van der Waals surface area contributed by atoms with E-state index >= 15 is 0 Å². The predicted octanol–water partition coefficient (Wildman–Crippen LogP) is 1.58. The van der Waals surface area contributed by atoms with Gasteiger partial charge >= 0.3 is 0 Å². The molecule has 0 radical (unpaired) electrons. The maximum absolute atomic E-state index is 12.5. The highest BCUT2D eigenvalue weighted by Crippen LogP contribution is 2.25. The lowest BCUT2D eigenvalue weighted by Gasteiger charge is -2.30. The number of carbonyl (C=O) groups is 1. The van der Waals surface area contributed by atoms with E-state index in [2.05, 4.69) is 20.9 Å². The zero-order valence-electron chi connectivity index (χ0n) is 14.7. The van der Waals surface area contributed by atoms with Crippen molar-refractivity contribution in [1.29, 1.82) is 0 Å². The van der Waals surface area contributed by atoms with Crippen molar-refractivity contribution in [3.8, 4) is 12.3 Å². The minimum Gasteiger partial charge on any atom is -0.349 e. The lowest BCUT2D eigenvalue weighted by Crippen LogP contribution is -2.41. The molecule has 1 aromatic carbocycles. The van der Waals surface area contributed by atoms with Gasteiger partial charge in [-0.05, 0) is 44.5 Å². The summed E-state index contributed by atoms with van der Waals surface area (Å²) in [7, 11) is -3.38. The number of amides is 1. The van der Waals surface area contributed by atoms with Crippen LogP contribution in [0.2, 0.25) is 0 Å². The fourth-order valence-corrected chi connectivity index (χ4v) is 3.64. The molecule has 0 saturated carbocycles. The zero-order chi connectivity index (χ0) is 18.4. The van der Waals surface area contributed by atoms with Crippen molar-refractivity contribution in [3.05, 3.63) is 29.8 Å². The van der Waals surface area contributed by atoms with E-state index in [4.69, 9.17) is 6.42 Å². The number of rotatable bonds is 6. The molecule has 1 amide bonds. The van der Waals surface area contributed by atoms with E-state index in [-0.39, 0.29) is 17.9 Å². The van der Waals surface area contributed by atoms with Crippen molar-refractivity contribution < 1.29 is 13.2 Å². The number of benzene rings is 1. The van der Waals surface area contributed by atoms with Gasteiger partial charge in [-0.2, -0.15) is 0 Å². The summed E-state index contributed by atoms with van der Waals surface area (Å²) in [5, 5.41) is 3.01. The van der Waals surface area contributed by atoms with Crippen LogP contribution in [-0.2, 0) is 14.8 Å². The largest absolute Gasteiger partial charge is 0.349 e. The van der Waals surface area contributed by atoms with Gasteiger partial charge in [-0.25, -0.2) is 8.42 Å². The smallest absolute Gasteiger partial charge is 0.229 e. The first-order valence-corrected chi connectivity index (χ1v) is 10.2. The molecule has 0 bridgehead atoms. The van der Waals surface area contributed by atoms with Crippen LogP contribution in [-0.4, -0.2) is 45.1 Å². The van der Waals surface area contributed by atoms with Crippen LogP contribution in [0.5, 0.6) is 0 Å². The summed E-state index contributed by atoms with van der Waals surface area (Å²) in [6.45, 7) is 4.12. The number of sulfonamides is 1. The van der Waals surface area contributed by atoms with Crippen molar-refractivity contribution in [1.82, 2.24) is 10.2 Å². The fourth-order valence-electron chi connectivity index (χ4n) is 3.06. The van der Waals surface area contributed by atoms with Crippen LogP contribution in [0, 0.1) is 18.3 Å². The summed E-state index contributed by atoms with van der Waals surface area (Å²) in [5.74, 6) is 2.60. The number of nitrogens with one attached hydrogen (secondary N) is 2. The normalized spacial score (nSPS) is 17.5. The maximum Gasteiger partial charge on any atom is 0.229 e. The van der Waals surface area contributed by atoms with E-state index < -0.39 is 10.0 Å². The second kappa shape index (κ2) is 8.37. The van der Waals surface area contributed by atoms with Crippen LogP contribution in [0.15, 0.2) is 24.3 Å². The van der Waals surface area contributed by atoms with Crippen molar-refractivity contribution in [3.63, 3.8) is 0 Å². The second-order valence-corrected chi connectivity index (χ2v) is 8.19. The lowest BCUT2D eigenvalue weighted by molar-refractivity contribution is -0.127. The Labute approximate surface area is 150 Å². The molecule has 6 nitrogen and oxygen atoms in total. The second-order valence-electron chi connectivity index (χ2n) is 6.45. The number of anilines is 1. The first kappa shape index (κ1) is 19.3. The van der Waals surface area contributed by atoms with Gasteiger partial charge in [0.05, 0.1) is 24.5 Å². The van der Waals surface area contributed by atoms with E-state index in [9.17, 15) is 13.2 Å². The Morgan fingerprint density at radius 3 is 2.60 bits per heavy atom. The molecular formula is C18H25N3O3S. The highest BCUT2D eigenvalue weighted by atomic mass is 32.2. The molecule has 0 spiro atoms. The molecule has 1 atom stereocenters. The molecule has 1 saturated heterocycles. The number of para-hydroxylation sites is 1. The van der Waals surface area contributed by atoms with E-state index in [1.165, 1.54) is 0 Å². The molecule has 0 aliphatic carbocycles. The van der Waals surface area contributed by atoms with E-state index in [0.29, 0.717) is 12.2 Å². The molecule has 1 aliphatic heterocycles. The quantitative estimate of drug-likeness (QED) is 0.752. The zero-order valence-corrected chi connectivity index (χ0v) is 15.5. The number of terminal acetylenes is 1. The van der Waals surface area contributed by atoms with Gasteiger partial charge in [-0.3, -0.25) is 14.4 Å². The summed E-state index contributed by atoms with van der Waals surface area (Å²) >= 11 is 0. The number of likely N-dealkylation sites (tertiary alicyclic amines) is 1. The molecule has 0 aromatic heterocycles. The Morgan fingerprint density at radius 2 is 2.00 bits per heavy atom. The first-order valence-electron chi connectivity index (χ1n) is 8.33. The van der Waals surface area contributed by atoms with Gasteiger partial charge in [0.1, 0.15) is 0 Å². The minimum atomic E-state index is -3.38. The minimum absolute atomic E-state index is 0.00187. The molecule has 2 rings (SSSR count). The molecule has 1 aromatic rings. The standard InChI is InChI=1S/C18H25N3O3S/c1-4-11-21-12-9-15(10-13-21)18(22)19-14(2)16-7-5-6-8-17(16)20-25(3,23)24/h1,5-8,14-15,20H,9-13H2,2-3H3,(H,19,22). The highest BCUT2D eigenvalue weighted by molar-refractivity contribution is 7.92. The molecule has 1 heterocycles. The summed E-state index contributed by atoms with van der Waals surface area (Å²) in [5.41, 5.74) is 1.23. The fraction of sp³-hybridized carbons (Fsp3) is 0.500. The van der Waals surface area contributed by atoms with E-state index in [0.717, 1.165) is 37.8 Å². The molecule has 25 heavy (non-hydrogen) atoms. The van der Waals surface area contributed by atoms with Crippen molar-refractivity contribution in [2.75, 3.05) is 30.6 Å². The van der Waals surface area contributed by atoms with Crippen molar-refractivity contribution >= 4 is 21.6 Å². The van der Waals surface area contributed by atoms with Gasteiger partial charge in [0.15, 0.2) is 0 Å². The Bertz CT molecular complexity index is 747. The Kier molecular flexibility index (Phi) is 6.45. The van der Waals surface area contributed by atoms with Gasteiger partial charge in [-0.1, -0.05) is 24.1 Å². The number of hydrogen-bond acceptors (Lipinski definition) is 4. The third-order valence-corrected chi connectivity index (χ3v) is 4.95. The Balaban J connectivity index is 1.99. The lowest BCUT2D eigenvalue weighted by atomic mass is 9.95. The molecule has 7 heteroatoms. The Hall–Kier alpha value is -2.04. The highest BCUT2D eigenvalue weighted by Gasteiger charge is 2.26. The molecular weight excluding hydrogens is 338 g/mol. The van der Waals surface area contributed by atoms with Crippen LogP contribution in [0.1, 0.15) is 31.4 Å². The van der Waals surface area contributed by atoms with Crippen LogP contribution in [0.25, 0.3) is 0 Å². The predicted molar refractivity (Wildman–Crippen MR) is 99.5 cm³/mol. The van der Waals surface area contributed by atoms with Gasteiger partial charge in [0.2, 0.25) is 15.9 Å². The average Bonchev–Trinajstić information content (AvgIpc) is 2.54. The van der Waals surface area contributed by atoms with Crippen molar-refractivity contribution in [2.24, 2.45) is 5.92 Å². The molecule has 136 valence electrons. The van der Waals surface area contributed by atoms with Crippen LogP contribution in [0.3, 0.4) is 0 Å². The van der Waals surface area contributed by atoms with Crippen molar-refractivity contribution in [2.45, 2.75) is 25.8 Å². The molecule has 1 unspecified atom stereocenters. The number of carbonyl (C=O) groups excluding carboxylic acids is 1. The number of hydrogen-bond donors (Lipinski definition) is 2. The van der Waals surface area contributed by atoms with E-state index in [1.54, 1.807) is 12.1 Å².